The number of alkyl halides is 1. The molecule has 1 saturated heterocycles. The van der Waals surface area contributed by atoms with E-state index in [-0.39, 0.29) is 13.3 Å². The standard InChI is InChI=1S/C9H18FNO/c10-5-8-12-7-4-9-3-1-2-6-11-9/h9,11H,1-8H2/t9-/m1/s1. The van der Waals surface area contributed by atoms with Crippen LogP contribution in [0.3, 0.4) is 0 Å². The zero-order valence-corrected chi connectivity index (χ0v) is 7.52. The van der Waals surface area contributed by atoms with Gasteiger partial charge in [-0.3, -0.25) is 0 Å². The molecule has 1 rings (SSSR count). The van der Waals surface area contributed by atoms with E-state index in [2.05, 4.69) is 5.32 Å². The number of halogens is 1. The van der Waals surface area contributed by atoms with Crippen LogP contribution in [0.4, 0.5) is 4.39 Å². The van der Waals surface area contributed by atoms with Gasteiger partial charge in [0, 0.05) is 12.6 Å². The first-order valence-electron chi connectivity index (χ1n) is 4.80. The summed E-state index contributed by atoms with van der Waals surface area (Å²) in [5, 5.41) is 3.42. The molecule has 0 spiro atoms. The van der Waals surface area contributed by atoms with Crippen molar-refractivity contribution in [3.05, 3.63) is 0 Å². The fourth-order valence-electron chi connectivity index (χ4n) is 1.55. The maximum atomic E-state index is 11.6. The van der Waals surface area contributed by atoms with Crippen LogP contribution in [-0.2, 0) is 4.74 Å². The van der Waals surface area contributed by atoms with Crippen molar-refractivity contribution in [2.24, 2.45) is 0 Å². The number of rotatable bonds is 5. The topological polar surface area (TPSA) is 21.3 Å². The van der Waals surface area contributed by atoms with E-state index in [4.69, 9.17) is 4.74 Å². The summed E-state index contributed by atoms with van der Waals surface area (Å²) >= 11 is 0. The Morgan fingerprint density at radius 2 is 2.25 bits per heavy atom. The van der Waals surface area contributed by atoms with Crippen LogP contribution in [0.5, 0.6) is 0 Å². The minimum atomic E-state index is -0.363. The van der Waals surface area contributed by atoms with Gasteiger partial charge in [0.25, 0.3) is 0 Å². The van der Waals surface area contributed by atoms with Gasteiger partial charge >= 0.3 is 0 Å². The van der Waals surface area contributed by atoms with Crippen molar-refractivity contribution in [3.8, 4) is 0 Å². The molecule has 0 radical (unpaired) electrons. The normalized spacial score (nSPS) is 24.2. The van der Waals surface area contributed by atoms with Gasteiger partial charge in [-0.15, -0.1) is 0 Å². The maximum absolute atomic E-state index is 11.6. The molecule has 12 heavy (non-hydrogen) atoms. The summed E-state index contributed by atoms with van der Waals surface area (Å²) in [5.74, 6) is 0. The van der Waals surface area contributed by atoms with Crippen molar-refractivity contribution in [2.45, 2.75) is 31.7 Å². The van der Waals surface area contributed by atoms with E-state index in [0.717, 1.165) is 13.0 Å². The second-order valence-electron chi connectivity index (χ2n) is 3.24. The molecule has 1 atom stereocenters. The molecule has 0 aromatic rings. The van der Waals surface area contributed by atoms with Crippen molar-refractivity contribution in [3.63, 3.8) is 0 Å². The Morgan fingerprint density at radius 1 is 1.33 bits per heavy atom. The molecule has 0 bridgehead atoms. The third-order valence-corrected chi connectivity index (χ3v) is 2.24. The molecule has 0 aliphatic carbocycles. The Kier molecular flexibility index (Phi) is 5.28. The van der Waals surface area contributed by atoms with Crippen LogP contribution in [0.15, 0.2) is 0 Å². The Morgan fingerprint density at radius 3 is 2.92 bits per heavy atom. The summed E-state index contributed by atoms with van der Waals surface area (Å²) in [7, 11) is 0. The molecule has 1 heterocycles. The van der Waals surface area contributed by atoms with E-state index >= 15 is 0 Å². The highest BCUT2D eigenvalue weighted by atomic mass is 19.1. The molecule has 72 valence electrons. The maximum Gasteiger partial charge on any atom is 0.113 e. The van der Waals surface area contributed by atoms with Crippen molar-refractivity contribution >= 4 is 0 Å². The predicted octanol–water partition coefficient (Wildman–Crippen LogP) is 1.50. The largest absolute Gasteiger partial charge is 0.379 e. The molecule has 1 aliphatic heterocycles. The average molecular weight is 175 g/mol. The third kappa shape index (κ3) is 4.02. The number of hydrogen-bond donors (Lipinski definition) is 1. The zero-order chi connectivity index (χ0) is 8.65. The number of hydrogen-bond acceptors (Lipinski definition) is 2. The summed E-state index contributed by atoms with van der Waals surface area (Å²) in [6, 6.07) is 0.610. The van der Waals surface area contributed by atoms with Crippen LogP contribution in [0, 0.1) is 0 Å². The molecule has 1 aliphatic rings. The molecule has 3 heteroatoms. The van der Waals surface area contributed by atoms with Crippen molar-refractivity contribution < 1.29 is 9.13 Å². The van der Waals surface area contributed by atoms with Crippen molar-refractivity contribution in [1.29, 1.82) is 0 Å². The summed E-state index contributed by atoms with van der Waals surface area (Å²) in [6.07, 6.45) is 4.89. The summed E-state index contributed by atoms with van der Waals surface area (Å²) in [4.78, 5) is 0. The van der Waals surface area contributed by atoms with E-state index in [9.17, 15) is 4.39 Å². The first kappa shape index (κ1) is 9.93. The van der Waals surface area contributed by atoms with Gasteiger partial charge in [-0.05, 0) is 25.8 Å². The lowest BCUT2D eigenvalue weighted by molar-refractivity contribution is 0.108. The first-order chi connectivity index (χ1) is 5.93. The average Bonchev–Trinajstić information content (AvgIpc) is 2.14. The lowest BCUT2D eigenvalue weighted by Gasteiger charge is -2.23. The van der Waals surface area contributed by atoms with E-state index in [0.29, 0.717) is 12.6 Å². The highest BCUT2D eigenvalue weighted by molar-refractivity contribution is 4.71. The fraction of sp³-hybridized carbons (Fsp3) is 1.00. The molecular formula is C9H18FNO. The van der Waals surface area contributed by atoms with Crippen LogP contribution in [0.25, 0.3) is 0 Å². The van der Waals surface area contributed by atoms with Gasteiger partial charge in [0.2, 0.25) is 0 Å². The zero-order valence-electron chi connectivity index (χ0n) is 7.52. The van der Waals surface area contributed by atoms with Gasteiger partial charge < -0.3 is 10.1 Å². The molecule has 0 aromatic heterocycles. The Balaban J connectivity index is 1.91. The minimum absolute atomic E-state index is 0.257. The Labute approximate surface area is 73.5 Å². The lowest BCUT2D eigenvalue weighted by Crippen LogP contribution is -2.34. The second-order valence-corrected chi connectivity index (χ2v) is 3.24. The van der Waals surface area contributed by atoms with E-state index in [1.165, 1.54) is 19.3 Å². The van der Waals surface area contributed by atoms with Gasteiger partial charge in [-0.25, -0.2) is 4.39 Å². The quantitative estimate of drug-likeness (QED) is 0.639. The lowest BCUT2D eigenvalue weighted by atomic mass is 10.0. The van der Waals surface area contributed by atoms with Gasteiger partial charge in [-0.1, -0.05) is 6.42 Å². The molecule has 1 N–H and O–H groups in total. The van der Waals surface area contributed by atoms with Gasteiger partial charge in [0.15, 0.2) is 0 Å². The smallest absolute Gasteiger partial charge is 0.113 e. The number of ether oxygens (including phenoxy) is 1. The monoisotopic (exact) mass is 175 g/mol. The van der Waals surface area contributed by atoms with Crippen LogP contribution >= 0.6 is 0 Å². The highest BCUT2D eigenvalue weighted by Gasteiger charge is 2.11. The van der Waals surface area contributed by atoms with Crippen LogP contribution in [-0.4, -0.2) is 32.5 Å². The molecule has 1 fully saturated rings. The second kappa shape index (κ2) is 6.38. The number of piperidine rings is 1. The molecule has 0 unspecified atom stereocenters. The van der Waals surface area contributed by atoms with Crippen molar-refractivity contribution in [2.75, 3.05) is 26.4 Å². The van der Waals surface area contributed by atoms with Crippen molar-refractivity contribution in [1.82, 2.24) is 5.32 Å². The Hall–Kier alpha value is -0.150. The molecule has 0 saturated carbocycles. The fourth-order valence-corrected chi connectivity index (χ4v) is 1.55. The van der Waals surface area contributed by atoms with Crippen LogP contribution in [0.2, 0.25) is 0 Å². The SMILES string of the molecule is FCCOCC[C@H]1CCCCN1. The first-order valence-corrected chi connectivity index (χ1v) is 4.80. The van der Waals surface area contributed by atoms with Crippen LogP contribution < -0.4 is 5.32 Å². The van der Waals surface area contributed by atoms with E-state index in [1.54, 1.807) is 0 Å². The van der Waals surface area contributed by atoms with Gasteiger partial charge in [0.1, 0.15) is 6.67 Å². The van der Waals surface area contributed by atoms with E-state index in [1.807, 2.05) is 0 Å². The van der Waals surface area contributed by atoms with Gasteiger partial charge in [0.05, 0.1) is 6.61 Å². The highest BCUT2D eigenvalue weighted by Crippen LogP contribution is 2.09. The predicted molar refractivity (Wildman–Crippen MR) is 47.1 cm³/mol. The van der Waals surface area contributed by atoms with E-state index < -0.39 is 0 Å². The number of nitrogens with one attached hydrogen (secondary N) is 1. The minimum Gasteiger partial charge on any atom is -0.379 e. The molecule has 2 nitrogen and oxygen atoms in total. The van der Waals surface area contributed by atoms with Gasteiger partial charge in [-0.2, -0.15) is 0 Å². The molecule has 0 amide bonds. The third-order valence-electron chi connectivity index (χ3n) is 2.24. The summed E-state index contributed by atoms with van der Waals surface area (Å²) < 4.78 is 16.7. The summed E-state index contributed by atoms with van der Waals surface area (Å²) in [6.45, 7) is 1.72. The molecule has 0 aromatic carbocycles. The molecular weight excluding hydrogens is 157 g/mol. The van der Waals surface area contributed by atoms with Crippen LogP contribution in [0.1, 0.15) is 25.7 Å². The summed E-state index contributed by atoms with van der Waals surface area (Å²) in [5.41, 5.74) is 0. The Bertz CT molecular complexity index is 105.